The molecule has 2 rings (SSSR count). The summed E-state index contributed by atoms with van der Waals surface area (Å²) >= 11 is 5.81. The summed E-state index contributed by atoms with van der Waals surface area (Å²) < 4.78 is 10.4. The Bertz CT molecular complexity index is 895. The molecule has 1 heterocycles. The Morgan fingerprint density at radius 2 is 2.15 bits per heavy atom. The third kappa shape index (κ3) is 4.72. The zero-order valence-corrected chi connectivity index (χ0v) is 14.5. The van der Waals surface area contributed by atoms with Crippen LogP contribution in [0.5, 0.6) is 0 Å². The lowest BCUT2D eigenvalue weighted by molar-refractivity contribution is -0.255. The molecule has 0 unspecified atom stereocenters. The summed E-state index contributed by atoms with van der Waals surface area (Å²) in [7, 11) is 1.50. The van der Waals surface area contributed by atoms with Crippen LogP contribution < -0.4 is 10.4 Å². The molecule has 26 heavy (non-hydrogen) atoms. The van der Waals surface area contributed by atoms with Gasteiger partial charge >= 0.3 is 0 Å². The number of furan rings is 1. The highest BCUT2D eigenvalue weighted by Gasteiger charge is 2.11. The molecule has 0 aliphatic rings. The summed E-state index contributed by atoms with van der Waals surface area (Å²) in [6.07, 6.45) is 1.29. The third-order valence-electron chi connectivity index (χ3n) is 3.34. The minimum Gasteiger partial charge on any atom is -0.545 e. The van der Waals surface area contributed by atoms with Gasteiger partial charge in [-0.1, -0.05) is 11.6 Å². The average molecular weight is 374 g/mol. The van der Waals surface area contributed by atoms with Gasteiger partial charge in [-0.2, -0.15) is 5.26 Å². The maximum Gasteiger partial charge on any atom is 0.262 e. The van der Waals surface area contributed by atoms with Gasteiger partial charge in [0.25, 0.3) is 5.91 Å². The number of nitrogens with zero attached hydrogens (tertiary/aromatic N) is 1. The molecule has 0 saturated heterocycles. The number of hydrogen-bond acceptors (Lipinski definition) is 6. The van der Waals surface area contributed by atoms with Crippen LogP contribution in [0.1, 0.15) is 16.1 Å². The minimum absolute atomic E-state index is 0.0555. The fraction of sp³-hybridized carbons (Fsp3) is 0.167. The molecule has 0 aliphatic heterocycles. The standard InChI is InChI=1S/C18H15ClN2O5/c1-25-7-6-21-17(22)12(10-20)8-13-3-5-16(26-13)11-2-4-15(19)14(9-11)18(23)24/h2-5,8-9H,6-7H2,1H3,(H,21,22)(H,23,24)/p-1/b12-8+. The van der Waals surface area contributed by atoms with E-state index in [9.17, 15) is 14.7 Å². The summed E-state index contributed by atoms with van der Waals surface area (Å²) in [5.74, 6) is -1.33. The zero-order chi connectivity index (χ0) is 19.1. The normalized spacial score (nSPS) is 11.0. The van der Waals surface area contributed by atoms with Crippen LogP contribution in [0.15, 0.2) is 40.3 Å². The first kappa shape index (κ1) is 19.2. The maximum absolute atomic E-state index is 11.9. The van der Waals surface area contributed by atoms with E-state index < -0.39 is 11.9 Å². The molecule has 134 valence electrons. The fourth-order valence-corrected chi connectivity index (χ4v) is 2.27. The van der Waals surface area contributed by atoms with E-state index in [-0.39, 0.29) is 28.5 Å². The molecule has 0 bridgehead atoms. The molecule has 0 aliphatic carbocycles. The lowest BCUT2D eigenvalue weighted by Crippen LogP contribution is -2.27. The molecule has 1 aromatic carbocycles. The topological polar surface area (TPSA) is 115 Å². The number of halogens is 1. The highest BCUT2D eigenvalue weighted by atomic mass is 35.5. The first-order chi connectivity index (χ1) is 12.5. The number of hydrogen-bond donors (Lipinski definition) is 1. The zero-order valence-electron chi connectivity index (χ0n) is 13.7. The second-order valence-corrected chi connectivity index (χ2v) is 5.51. The minimum atomic E-state index is -1.40. The van der Waals surface area contributed by atoms with Crippen LogP contribution in [0, 0.1) is 11.3 Å². The summed E-state index contributed by atoms with van der Waals surface area (Å²) in [5.41, 5.74) is 0.178. The number of rotatable bonds is 7. The lowest BCUT2D eigenvalue weighted by atomic mass is 10.1. The van der Waals surface area contributed by atoms with Crippen LogP contribution in [0.3, 0.4) is 0 Å². The predicted octanol–water partition coefficient (Wildman–Crippen LogP) is 1.63. The molecule has 2 aromatic rings. The average Bonchev–Trinajstić information content (AvgIpc) is 3.08. The maximum atomic E-state index is 11.9. The van der Waals surface area contributed by atoms with Gasteiger partial charge in [-0.05, 0) is 30.3 Å². The largest absolute Gasteiger partial charge is 0.545 e. The molecule has 7 nitrogen and oxygen atoms in total. The van der Waals surface area contributed by atoms with Crippen LogP contribution in [-0.2, 0) is 9.53 Å². The Hall–Kier alpha value is -3.08. The van der Waals surface area contributed by atoms with Gasteiger partial charge < -0.3 is 24.4 Å². The first-order valence-corrected chi connectivity index (χ1v) is 7.84. The van der Waals surface area contributed by atoms with E-state index in [0.29, 0.717) is 17.9 Å². The molecule has 0 radical (unpaired) electrons. The van der Waals surface area contributed by atoms with Crippen LogP contribution in [0.2, 0.25) is 5.02 Å². The molecule has 8 heteroatoms. The van der Waals surface area contributed by atoms with Gasteiger partial charge in [0.2, 0.25) is 0 Å². The highest BCUT2D eigenvalue weighted by Crippen LogP contribution is 2.27. The number of ether oxygens (including phenoxy) is 1. The molecule has 0 atom stereocenters. The Kier molecular flexibility index (Phi) is 6.55. The van der Waals surface area contributed by atoms with Crippen molar-refractivity contribution < 1.29 is 23.8 Å². The van der Waals surface area contributed by atoms with Gasteiger partial charge in [0, 0.05) is 35.9 Å². The third-order valence-corrected chi connectivity index (χ3v) is 3.67. The van der Waals surface area contributed by atoms with Crippen LogP contribution in [-0.4, -0.2) is 32.1 Å². The number of nitrogens with one attached hydrogen (secondary N) is 1. The van der Waals surface area contributed by atoms with Crippen molar-refractivity contribution in [1.29, 1.82) is 5.26 Å². The monoisotopic (exact) mass is 373 g/mol. The van der Waals surface area contributed by atoms with Gasteiger partial charge in [-0.25, -0.2) is 0 Å². The molecule has 0 spiro atoms. The summed E-state index contributed by atoms with van der Waals surface area (Å²) in [6.45, 7) is 0.598. The molecule has 1 aromatic heterocycles. The highest BCUT2D eigenvalue weighted by molar-refractivity contribution is 6.33. The number of carbonyl (C=O) groups is 2. The van der Waals surface area contributed by atoms with Crippen molar-refractivity contribution in [3.63, 3.8) is 0 Å². The second-order valence-electron chi connectivity index (χ2n) is 5.10. The summed E-state index contributed by atoms with van der Waals surface area (Å²) in [5, 5.41) is 22.8. The number of benzene rings is 1. The van der Waals surface area contributed by atoms with Crippen molar-refractivity contribution in [2.75, 3.05) is 20.3 Å². The second kappa shape index (κ2) is 8.85. The predicted molar refractivity (Wildman–Crippen MR) is 92.0 cm³/mol. The van der Waals surface area contributed by atoms with E-state index in [1.807, 2.05) is 0 Å². The first-order valence-electron chi connectivity index (χ1n) is 7.46. The van der Waals surface area contributed by atoms with Crippen molar-refractivity contribution in [3.8, 4) is 17.4 Å². The number of methoxy groups -OCH3 is 1. The van der Waals surface area contributed by atoms with E-state index in [4.69, 9.17) is 26.0 Å². The molecular weight excluding hydrogens is 360 g/mol. The van der Waals surface area contributed by atoms with Gasteiger partial charge in [0.15, 0.2) is 0 Å². The quantitative estimate of drug-likeness (QED) is 0.448. The Morgan fingerprint density at radius 1 is 1.38 bits per heavy atom. The van der Waals surface area contributed by atoms with Crippen molar-refractivity contribution in [1.82, 2.24) is 5.32 Å². The molecular formula is C18H14ClN2O5-. The Labute approximate surface area is 154 Å². The van der Waals surface area contributed by atoms with Gasteiger partial charge in [0.05, 0.1) is 12.6 Å². The Balaban J connectivity index is 2.24. The lowest BCUT2D eigenvalue weighted by Gasteiger charge is -2.06. The summed E-state index contributed by atoms with van der Waals surface area (Å²) in [6, 6.07) is 9.28. The Morgan fingerprint density at radius 3 is 2.81 bits per heavy atom. The van der Waals surface area contributed by atoms with Crippen LogP contribution in [0.4, 0.5) is 0 Å². The molecule has 1 N–H and O–H groups in total. The van der Waals surface area contributed by atoms with E-state index in [2.05, 4.69) is 5.32 Å². The number of amides is 1. The van der Waals surface area contributed by atoms with Crippen molar-refractivity contribution >= 4 is 29.6 Å². The SMILES string of the molecule is COCCNC(=O)/C(C#N)=C/c1ccc(-c2ccc(Cl)c(C(=O)[O-])c2)o1. The van der Waals surface area contributed by atoms with Crippen molar-refractivity contribution in [2.45, 2.75) is 0 Å². The summed E-state index contributed by atoms with van der Waals surface area (Å²) in [4.78, 5) is 23.0. The van der Waals surface area contributed by atoms with Crippen LogP contribution >= 0.6 is 11.6 Å². The van der Waals surface area contributed by atoms with Crippen molar-refractivity contribution in [3.05, 3.63) is 52.3 Å². The van der Waals surface area contributed by atoms with Crippen molar-refractivity contribution in [2.24, 2.45) is 0 Å². The number of aromatic carboxylic acids is 1. The number of carboxylic acid groups (broad SMARTS) is 1. The van der Waals surface area contributed by atoms with E-state index in [0.717, 1.165) is 0 Å². The van der Waals surface area contributed by atoms with Gasteiger partial charge in [0.1, 0.15) is 23.2 Å². The number of nitriles is 1. The molecule has 0 saturated carbocycles. The molecule has 1 amide bonds. The molecule has 0 fully saturated rings. The van der Waals surface area contributed by atoms with E-state index in [1.165, 1.54) is 25.3 Å². The van der Waals surface area contributed by atoms with Gasteiger partial charge in [-0.3, -0.25) is 4.79 Å². The fourth-order valence-electron chi connectivity index (χ4n) is 2.07. The van der Waals surface area contributed by atoms with E-state index in [1.54, 1.807) is 24.3 Å². The van der Waals surface area contributed by atoms with E-state index >= 15 is 0 Å². The number of carbonyl (C=O) groups excluding carboxylic acids is 2. The number of carboxylic acids is 1. The smallest absolute Gasteiger partial charge is 0.262 e. The van der Waals surface area contributed by atoms with Crippen LogP contribution in [0.25, 0.3) is 17.4 Å². The van der Waals surface area contributed by atoms with Gasteiger partial charge in [-0.15, -0.1) is 0 Å².